The van der Waals surface area contributed by atoms with E-state index in [1.54, 1.807) is 19.1 Å². The molecular weight excluding hydrogens is 340 g/mol. The number of hydrogen-bond acceptors (Lipinski definition) is 4. The van der Waals surface area contributed by atoms with Crippen LogP contribution < -0.4 is 4.74 Å². The molecule has 0 bridgehead atoms. The molecule has 0 radical (unpaired) electrons. The number of benzene rings is 2. The third kappa shape index (κ3) is 4.76. The summed E-state index contributed by atoms with van der Waals surface area (Å²) in [5.41, 5.74) is 3.01. The summed E-state index contributed by atoms with van der Waals surface area (Å²) < 4.78 is 10.5. The molecule has 0 saturated heterocycles. The van der Waals surface area contributed by atoms with Gasteiger partial charge in [-0.25, -0.2) is 0 Å². The molecule has 0 spiro atoms. The number of nitrogens with zero attached hydrogens (tertiary/aromatic N) is 2. The minimum absolute atomic E-state index is 0.0245. The van der Waals surface area contributed by atoms with Gasteiger partial charge in [0.15, 0.2) is 5.76 Å². The normalized spacial score (nSPS) is 11.8. The van der Waals surface area contributed by atoms with E-state index >= 15 is 0 Å². The highest BCUT2D eigenvalue weighted by Crippen LogP contribution is 2.30. The molecule has 0 saturated carbocycles. The first-order valence-corrected chi connectivity index (χ1v) is 8.92. The molecule has 1 atom stereocenters. The fourth-order valence-corrected chi connectivity index (χ4v) is 3.09. The zero-order chi connectivity index (χ0) is 19.2. The van der Waals surface area contributed by atoms with Crippen molar-refractivity contribution in [1.82, 2.24) is 10.1 Å². The molecule has 1 heterocycles. The predicted octanol–water partition coefficient (Wildman–Crippen LogP) is 4.17. The summed E-state index contributed by atoms with van der Waals surface area (Å²) in [7, 11) is 3.43. The van der Waals surface area contributed by atoms with Crippen molar-refractivity contribution in [2.75, 3.05) is 14.2 Å². The zero-order valence-electron chi connectivity index (χ0n) is 15.9. The molecule has 0 N–H and O–H groups in total. The van der Waals surface area contributed by atoms with E-state index in [9.17, 15) is 4.79 Å². The topological polar surface area (TPSA) is 55.6 Å². The second-order valence-corrected chi connectivity index (χ2v) is 6.62. The number of carbonyl (C=O) groups is 1. The summed E-state index contributed by atoms with van der Waals surface area (Å²) in [4.78, 5) is 14.6. The Bertz CT molecular complexity index is 872. The maximum atomic E-state index is 12.9. The molecule has 0 aliphatic carbocycles. The van der Waals surface area contributed by atoms with E-state index in [0.717, 1.165) is 22.6 Å². The van der Waals surface area contributed by atoms with Crippen LogP contribution in [0.25, 0.3) is 0 Å². The van der Waals surface area contributed by atoms with Crippen LogP contribution in [0.2, 0.25) is 0 Å². The number of hydrogen-bond donors (Lipinski definition) is 0. The maximum Gasteiger partial charge on any atom is 0.223 e. The van der Waals surface area contributed by atoms with Gasteiger partial charge in [-0.15, -0.1) is 0 Å². The molecule has 5 nitrogen and oxygen atoms in total. The third-order valence-electron chi connectivity index (χ3n) is 4.59. The van der Waals surface area contributed by atoms with Crippen LogP contribution in [0.15, 0.2) is 65.2 Å². The molecule has 140 valence electrons. The Hall–Kier alpha value is -3.08. The van der Waals surface area contributed by atoms with Crippen molar-refractivity contribution in [3.63, 3.8) is 0 Å². The van der Waals surface area contributed by atoms with Gasteiger partial charge in [-0.3, -0.25) is 4.79 Å². The Morgan fingerprint density at radius 3 is 2.37 bits per heavy atom. The van der Waals surface area contributed by atoms with Crippen LogP contribution in [0, 0.1) is 6.92 Å². The second-order valence-electron chi connectivity index (χ2n) is 6.62. The van der Waals surface area contributed by atoms with Crippen LogP contribution in [-0.2, 0) is 11.3 Å². The summed E-state index contributed by atoms with van der Waals surface area (Å²) >= 11 is 0. The highest BCUT2D eigenvalue weighted by atomic mass is 16.5. The number of carbonyl (C=O) groups excluding carboxylic acids is 1. The highest BCUT2D eigenvalue weighted by molar-refractivity contribution is 5.77. The van der Waals surface area contributed by atoms with Gasteiger partial charge in [0.05, 0.1) is 19.3 Å². The fourth-order valence-electron chi connectivity index (χ4n) is 3.09. The number of aromatic nitrogens is 1. The third-order valence-corrected chi connectivity index (χ3v) is 4.59. The molecule has 3 rings (SSSR count). The quantitative estimate of drug-likeness (QED) is 0.631. The second kappa shape index (κ2) is 8.54. The zero-order valence-corrected chi connectivity index (χ0v) is 15.9. The molecule has 27 heavy (non-hydrogen) atoms. The lowest BCUT2D eigenvalue weighted by Gasteiger charge is -2.22. The first kappa shape index (κ1) is 18.7. The lowest BCUT2D eigenvalue weighted by Crippen LogP contribution is -2.27. The molecule has 0 aliphatic heterocycles. The number of amides is 1. The Kier molecular flexibility index (Phi) is 5.91. The fraction of sp³-hybridized carbons (Fsp3) is 0.273. The van der Waals surface area contributed by atoms with Gasteiger partial charge in [-0.2, -0.15) is 0 Å². The SMILES string of the molecule is COc1ccc([C@@H](CC(=O)N(C)Cc2cc(C)no2)c2ccccc2)cc1. The molecule has 5 heteroatoms. The molecule has 0 aliphatic rings. The summed E-state index contributed by atoms with van der Waals surface area (Å²) in [5, 5.41) is 3.88. The van der Waals surface area contributed by atoms with Crippen LogP contribution >= 0.6 is 0 Å². The molecule has 1 aromatic heterocycles. The van der Waals surface area contributed by atoms with Gasteiger partial charge in [0, 0.05) is 25.5 Å². The van der Waals surface area contributed by atoms with E-state index in [-0.39, 0.29) is 11.8 Å². The number of aryl methyl sites for hydroxylation is 1. The molecular formula is C22H24N2O3. The monoisotopic (exact) mass is 364 g/mol. The Labute approximate surface area is 159 Å². The minimum atomic E-state index is -0.0245. The van der Waals surface area contributed by atoms with Crippen LogP contribution in [0.3, 0.4) is 0 Å². The summed E-state index contributed by atoms with van der Waals surface area (Å²) in [6.45, 7) is 2.27. The first-order chi connectivity index (χ1) is 13.1. The summed E-state index contributed by atoms with van der Waals surface area (Å²) in [5.74, 6) is 1.51. The number of ether oxygens (including phenoxy) is 1. The van der Waals surface area contributed by atoms with Crippen molar-refractivity contribution < 1.29 is 14.1 Å². The van der Waals surface area contributed by atoms with Crippen LogP contribution in [0.4, 0.5) is 0 Å². The van der Waals surface area contributed by atoms with Crippen molar-refractivity contribution in [2.24, 2.45) is 0 Å². The van der Waals surface area contributed by atoms with Gasteiger partial charge < -0.3 is 14.2 Å². The van der Waals surface area contributed by atoms with E-state index in [1.807, 2.05) is 55.5 Å². The highest BCUT2D eigenvalue weighted by Gasteiger charge is 2.21. The molecule has 0 unspecified atom stereocenters. The van der Waals surface area contributed by atoms with E-state index in [2.05, 4.69) is 17.3 Å². The molecule has 3 aromatic rings. The van der Waals surface area contributed by atoms with Crippen LogP contribution in [0.1, 0.15) is 34.9 Å². The molecule has 2 aromatic carbocycles. The smallest absolute Gasteiger partial charge is 0.223 e. The minimum Gasteiger partial charge on any atom is -0.497 e. The van der Waals surface area contributed by atoms with Crippen LogP contribution in [-0.4, -0.2) is 30.1 Å². The lowest BCUT2D eigenvalue weighted by atomic mass is 9.88. The van der Waals surface area contributed by atoms with Crippen molar-refractivity contribution >= 4 is 5.91 Å². The van der Waals surface area contributed by atoms with Gasteiger partial charge in [0.1, 0.15) is 5.75 Å². The number of rotatable bonds is 7. The van der Waals surface area contributed by atoms with Crippen molar-refractivity contribution in [1.29, 1.82) is 0 Å². The maximum absolute atomic E-state index is 12.9. The van der Waals surface area contributed by atoms with E-state index < -0.39 is 0 Å². The molecule has 0 fully saturated rings. The van der Waals surface area contributed by atoms with Gasteiger partial charge in [-0.05, 0) is 30.2 Å². The van der Waals surface area contributed by atoms with E-state index in [4.69, 9.17) is 9.26 Å². The van der Waals surface area contributed by atoms with Gasteiger partial charge in [0.25, 0.3) is 0 Å². The summed E-state index contributed by atoms with van der Waals surface area (Å²) in [6.07, 6.45) is 0.375. The van der Waals surface area contributed by atoms with Gasteiger partial charge in [0.2, 0.25) is 5.91 Å². The van der Waals surface area contributed by atoms with Crippen molar-refractivity contribution in [2.45, 2.75) is 25.8 Å². The Morgan fingerprint density at radius 1 is 1.11 bits per heavy atom. The first-order valence-electron chi connectivity index (χ1n) is 8.92. The summed E-state index contributed by atoms with van der Waals surface area (Å²) in [6, 6.07) is 19.8. The lowest BCUT2D eigenvalue weighted by molar-refractivity contribution is -0.130. The van der Waals surface area contributed by atoms with E-state index in [0.29, 0.717) is 18.7 Å². The standard InChI is InChI=1S/C22H24N2O3/c1-16-13-20(27-23-16)15-24(2)22(25)14-21(17-7-5-4-6-8-17)18-9-11-19(26-3)12-10-18/h4-13,21H,14-15H2,1-3H3/t21-/m0/s1. The predicted molar refractivity (Wildman–Crippen MR) is 104 cm³/mol. The van der Waals surface area contributed by atoms with Crippen molar-refractivity contribution in [3.05, 3.63) is 83.2 Å². The molecule has 1 amide bonds. The number of methoxy groups -OCH3 is 1. The Morgan fingerprint density at radius 2 is 1.78 bits per heavy atom. The Balaban J connectivity index is 1.79. The average Bonchev–Trinajstić information content (AvgIpc) is 3.11. The average molecular weight is 364 g/mol. The van der Waals surface area contributed by atoms with Crippen LogP contribution in [0.5, 0.6) is 5.75 Å². The van der Waals surface area contributed by atoms with Gasteiger partial charge >= 0.3 is 0 Å². The van der Waals surface area contributed by atoms with E-state index in [1.165, 1.54) is 0 Å². The van der Waals surface area contributed by atoms with Gasteiger partial charge in [-0.1, -0.05) is 47.6 Å². The largest absolute Gasteiger partial charge is 0.497 e. The van der Waals surface area contributed by atoms with Crippen molar-refractivity contribution in [3.8, 4) is 5.75 Å².